The van der Waals surface area contributed by atoms with Crippen molar-refractivity contribution in [3.63, 3.8) is 0 Å². The third-order valence-electron chi connectivity index (χ3n) is 3.73. The summed E-state index contributed by atoms with van der Waals surface area (Å²) in [4.78, 5) is 11.3. The lowest BCUT2D eigenvalue weighted by Crippen LogP contribution is -2.13. The molecule has 0 aromatic heterocycles. The lowest BCUT2D eigenvalue weighted by Gasteiger charge is -2.17. The van der Waals surface area contributed by atoms with E-state index in [4.69, 9.17) is 4.74 Å². The number of esters is 1. The molecule has 110 valence electrons. The number of rotatable bonds is 6. The Kier molecular flexibility index (Phi) is 4.78. The van der Waals surface area contributed by atoms with Crippen molar-refractivity contribution in [3.8, 4) is 0 Å². The highest BCUT2D eigenvalue weighted by molar-refractivity contribution is 9.10. The molecule has 1 aliphatic carbocycles. The lowest BCUT2D eigenvalue weighted by atomic mass is 9.89. The van der Waals surface area contributed by atoms with Gasteiger partial charge in [0.2, 0.25) is 0 Å². The van der Waals surface area contributed by atoms with Gasteiger partial charge in [0.15, 0.2) is 0 Å². The van der Waals surface area contributed by atoms with Crippen molar-refractivity contribution >= 4 is 21.9 Å². The Morgan fingerprint density at radius 2 is 1.95 bits per heavy atom. The van der Waals surface area contributed by atoms with E-state index in [0.29, 0.717) is 30.3 Å². The molecule has 0 saturated heterocycles. The molecule has 0 N–H and O–H groups in total. The van der Waals surface area contributed by atoms with E-state index < -0.39 is 17.0 Å². The summed E-state index contributed by atoms with van der Waals surface area (Å²) < 4.78 is 33.2. The molecule has 1 aromatic carbocycles. The molecule has 0 aliphatic heterocycles. The predicted octanol–water partition coefficient (Wildman–Crippen LogP) is 4.49. The molecule has 1 fully saturated rings. The Hall–Kier alpha value is -0.970. The lowest BCUT2D eigenvalue weighted by molar-refractivity contribution is -0.143. The van der Waals surface area contributed by atoms with Crippen molar-refractivity contribution in [2.45, 2.75) is 44.4 Å². The third kappa shape index (κ3) is 3.37. The fraction of sp³-hybridized carbons (Fsp3) is 0.533. The molecule has 1 aromatic rings. The molecular formula is C15H17BrF2O2. The van der Waals surface area contributed by atoms with Gasteiger partial charge in [-0.1, -0.05) is 15.9 Å². The molecule has 0 heterocycles. The number of benzene rings is 1. The fourth-order valence-corrected chi connectivity index (χ4v) is 3.03. The summed E-state index contributed by atoms with van der Waals surface area (Å²) in [5, 5.41) is 0. The number of carbonyl (C=O) groups is 1. The summed E-state index contributed by atoms with van der Waals surface area (Å²) in [5.41, 5.74) is -0.258. The molecule has 0 spiro atoms. The Bertz CT molecular complexity index is 490. The number of halogens is 3. The molecule has 2 nitrogen and oxygen atoms in total. The van der Waals surface area contributed by atoms with Gasteiger partial charge in [-0.15, -0.1) is 0 Å². The number of carbonyl (C=O) groups excluding carboxylic acids is 1. The van der Waals surface area contributed by atoms with Gasteiger partial charge >= 0.3 is 5.97 Å². The largest absolute Gasteiger partial charge is 0.466 e. The maximum Gasteiger partial charge on any atom is 0.305 e. The normalized spacial score (nSPS) is 16.0. The zero-order chi connectivity index (χ0) is 14.8. The summed E-state index contributed by atoms with van der Waals surface area (Å²) in [7, 11) is 0. The second-order valence-corrected chi connectivity index (χ2v) is 6.10. The number of ether oxygens (including phenoxy) is 1. The van der Waals surface area contributed by atoms with E-state index in [0.717, 1.165) is 12.8 Å². The van der Waals surface area contributed by atoms with E-state index in [-0.39, 0.29) is 11.5 Å². The molecule has 0 amide bonds. The van der Waals surface area contributed by atoms with Gasteiger partial charge in [-0.05, 0) is 44.7 Å². The molecule has 20 heavy (non-hydrogen) atoms. The summed E-state index contributed by atoms with van der Waals surface area (Å²) in [6.45, 7) is 2.12. The van der Waals surface area contributed by atoms with Crippen LogP contribution in [0.5, 0.6) is 0 Å². The first-order valence-electron chi connectivity index (χ1n) is 6.79. The predicted molar refractivity (Wildman–Crippen MR) is 75.5 cm³/mol. The van der Waals surface area contributed by atoms with Crippen LogP contribution in [0.1, 0.15) is 44.6 Å². The molecular weight excluding hydrogens is 330 g/mol. The van der Waals surface area contributed by atoms with Crippen LogP contribution < -0.4 is 0 Å². The monoisotopic (exact) mass is 346 g/mol. The number of hydrogen-bond acceptors (Lipinski definition) is 2. The van der Waals surface area contributed by atoms with E-state index in [1.165, 1.54) is 12.1 Å². The van der Waals surface area contributed by atoms with Gasteiger partial charge in [0, 0.05) is 21.9 Å². The zero-order valence-electron chi connectivity index (χ0n) is 11.3. The molecule has 1 saturated carbocycles. The Morgan fingerprint density at radius 1 is 1.35 bits per heavy atom. The van der Waals surface area contributed by atoms with Gasteiger partial charge in [0.05, 0.1) is 6.61 Å². The van der Waals surface area contributed by atoms with Crippen molar-refractivity contribution in [2.75, 3.05) is 6.61 Å². The quantitative estimate of drug-likeness (QED) is 0.709. The minimum Gasteiger partial charge on any atom is -0.466 e. The van der Waals surface area contributed by atoms with Crippen LogP contribution in [0.4, 0.5) is 8.78 Å². The van der Waals surface area contributed by atoms with Gasteiger partial charge < -0.3 is 4.74 Å². The van der Waals surface area contributed by atoms with E-state index in [2.05, 4.69) is 15.9 Å². The molecule has 5 heteroatoms. The second kappa shape index (κ2) is 6.20. The topological polar surface area (TPSA) is 26.3 Å². The maximum atomic E-state index is 14.0. The van der Waals surface area contributed by atoms with Crippen LogP contribution in [-0.4, -0.2) is 12.6 Å². The standard InChI is InChI=1S/C15H17BrF2O2/c1-2-20-13(19)4-3-5-15(6-7-15)14-11(17)8-10(16)9-12(14)18/h8-9H,2-7H2,1H3. The average molecular weight is 347 g/mol. The number of hydrogen-bond donors (Lipinski definition) is 0. The first-order chi connectivity index (χ1) is 9.48. The van der Waals surface area contributed by atoms with E-state index in [1.807, 2.05) is 0 Å². The highest BCUT2D eigenvalue weighted by Crippen LogP contribution is 2.53. The highest BCUT2D eigenvalue weighted by Gasteiger charge is 2.47. The maximum absolute atomic E-state index is 14.0. The Labute approximate surface area is 125 Å². The van der Waals surface area contributed by atoms with Gasteiger partial charge in [-0.3, -0.25) is 4.79 Å². The second-order valence-electron chi connectivity index (χ2n) is 5.18. The molecule has 0 bridgehead atoms. The molecule has 0 radical (unpaired) electrons. The SMILES string of the molecule is CCOC(=O)CCCC1(c2c(F)cc(Br)cc2F)CC1. The summed E-state index contributed by atoms with van der Waals surface area (Å²) in [6.07, 6.45) is 3.04. The van der Waals surface area contributed by atoms with E-state index in [1.54, 1.807) is 6.92 Å². The van der Waals surface area contributed by atoms with Crippen LogP contribution in [0.15, 0.2) is 16.6 Å². The molecule has 0 atom stereocenters. The van der Waals surface area contributed by atoms with Crippen LogP contribution in [0.25, 0.3) is 0 Å². The molecule has 1 aliphatic rings. The minimum atomic E-state index is -0.509. The summed E-state index contributed by atoms with van der Waals surface area (Å²) in [6, 6.07) is 2.59. The summed E-state index contributed by atoms with van der Waals surface area (Å²) in [5.74, 6) is -1.27. The highest BCUT2D eigenvalue weighted by atomic mass is 79.9. The first-order valence-corrected chi connectivity index (χ1v) is 7.58. The summed E-state index contributed by atoms with van der Waals surface area (Å²) >= 11 is 3.08. The third-order valence-corrected chi connectivity index (χ3v) is 4.19. The Morgan fingerprint density at radius 3 is 2.45 bits per heavy atom. The fourth-order valence-electron chi connectivity index (χ4n) is 2.63. The van der Waals surface area contributed by atoms with Gasteiger partial charge in [0.1, 0.15) is 11.6 Å². The smallest absolute Gasteiger partial charge is 0.305 e. The van der Waals surface area contributed by atoms with Crippen molar-refractivity contribution in [3.05, 3.63) is 33.8 Å². The van der Waals surface area contributed by atoms with E-state index in [9.17, 15) is 13.6 Å². The first kappa shape index (κ1) is 15.4. The minimum absolute atomic E-state index is 0.171. The van der Waals surface area contributed by atoms with Gasteiger partial charge in [-0.25, -0.2) is 8.78 Å². The van der Waals surface area contributed by atoms with Crippen molar-refractivity contribution < 1.29 is 18.3 Å². The van der Waals surface area contributed by atoms with Crippen LogP contribution in [0.2, 0.25) is 0 Å². The van der Waals surface area contributed by atoms with Gasteiger partial charge in [-0.2, -0.15) is 0 Å². The van der Waals surface area contributed by atoms with E-state index >= 15 is 0 Å². The zero-order valence-corrected chi connectivity index (χ0v) is 12.9. The van der Waals surface area contributed by atoms with Gasteiger partial charge in [0.25, 0.3) is 0 Å². The van der Waals surface area contributed by atoms with Crippen molar-refractivity contribution in [2.24, 2.45) is 0 Å². The van der Waals surface area contributed by atoms with Crippen LogP contribution in [-0.2, 0) is 14.9 Å². The molecule has 2 rings (SSSR count). The van der Waals surface area contributed by atoms with Crippen LogP contribution >= 0.6 is 15.9 Å². The van der Waals surface area contributed by atoms with Crippen molar-refractivity contribution in [1.29, 1.82) is 0 Å². The molecule has 0 unspecified atom stereocenters. The van der Waals surface area contributed by atoms with Crippen LogP contribution in [0, 0.1) is 11.6 Å². The van der Waals surface area contributed by atoms with Crippen LogP contribution in [0.3, 0.4) is 0 Å². The average Bonchev–Trinajstić information content (AvgIpc) is 3.08. The van der Waals surface area contributed by atoms with Crippen molar-refractivity contribution in [1.82, 2.24) is 0 Å². The Balaban J connectivity index is 2.03.